The molecule has 0 radical (unpaired) electrons. The number of fused-ring (bicyclic) bond motifs is 1. The van der Waals surface area contributed by atoms with E-state index in [-0.39, 0.29) is 5.69 Å². The number of hydrogen-bond donors (Lipinski definition) is 1. The molecule has 0 atom stereocenters. The molecule has 1 N–H and O–H groups in total. The van der Waals surface area contributed by atoms with Gasteiger partial charge in [0.05, 0.1) is 16.9 Å². The standard InChI is InChI=1S/C37H32FN3O2S/c1-36(2,3)43-35(42)39-33-24-30-32(22-21-29-20-13-23-44-29)40-41(34(30)25-31(33)38)37(26-14-7-4-8-15-26,27-16-9-5-10-17-27)28-18-11-6-12-19-28/h4-25H,1-3H3,(H,39,42). The molecule has 44 heavy (non-hydrogen) atoms. The van der Waals surface area contributed by atoms with E-state index in [1.165, 1.54) is 6.07 Å². The average molecular weight is 602 g/mol. The normalized spacial score (nSPS) is 12.1. The first kappa shape index (κ1) is 29.1. The third-order valence-corrected chi connectivity index (χ3v) is 8.11. The Morgan fingerprint density at radius 3 is 1.89 bits per heavy atom. The van der Waals surface area contributed by atoms with Gasteiger partial charge in [0, 0.05) is 16.3 Å². The quantitative estimate of drug-likeness (QED) is 0.185. The number of ether oxygens (including phenoxy) is 1. The number of hydrogen-bond acceptors (Lipinski definition) is 4. The van der Waals surface area contributed by atoms with E-state index in [1.54, 1.807) is 38.2 Å². The Hall–Kier alpha value is -5.01. The number of rotatable bonds is 7. The molecule has 1 amide bonds. The Morgan fingerprint density at radius 2 is 1.39 bits per heavy atom. The van der Waals surface area contributed by atoms with Gasteiger partial charge in [0.2, 0.25) is 0 Å². The van der Waals surface area contributed by atoms with Crippen molar-refractivity contribution in [3.63, 3.8) is 0 Å². The second kappa shape index (κ2) is 11.9. The number of benzene rings is 4. The lowest BCUT2D eigenvalue weighted by Gasteiger charge is -2.37. The Balaban J connectivity index is 1.66. The average Bonchev–Trinajstić information content (AvgIpc) is 3.66. The predicted octanol–water partition coefficient (Wildman–Crippen LogP) is 9.59. The summed E-state index contributed by atoms with van der Waals surface area (Å²) in [4.78, 5) is 13.7. The van der Waals surface area contributed by atoms with Gasteiger partial charge < -0.3 is 4.74 Å². The minimum atomic E-state index is -0.955. The smallest absolute Gasteiger partial charge is 0.412 e. The molecular weight excluding hydrogens is 569 g/mol. The minimum absolute atomic E-state index is 0.0156. The van der Waals surface area contributed by atoms with Crippen molar-refractivity contribution in [2.45, 2.75) is 31.9 Å². The third kappa shape index (κ3) is 5.66. The van der Waals surface area contributed by atoms with Crippen LogP contribution in [0.25, 0.3) is 23.1 Å². The summed E-state index contributed by atoms with van der Waals surface area (Å²) in [6, 6.07) is 37.5. The number of halogens is 1. The molecule has 0 unspecified atom stereocenters. The van der Waals surface area contributed by atoms with Crippen LogP contribution in [0.3, 0.4) is 0 Å². The zero-order valence-electron chi connectivity index (χ0n) is 24.7. The van der Waals surface area contributed by atoms with E-state index in [0.29, 0.717) is 16.6 Å². The molecule has 6 aromatic rings. The van der Waals surface area contributed by atoms with Crippen molar-refractivity contribution in [1.29, 1.82) is 0 Å². The second-order valence-corrected chi connectivity index (χ2v) is 12.4. The molecule has 5 nitrogen and oxygen atoms in total. The van der Waals surface area contributed by atoms with Crippen LogP contribution in [-0.4, -0.2) is 21.5 Å². The van der Waals surface area contributed by atoms with Gasteiger partial charge in [-0.15, -0.1) is 11.3 Å². The number of nitrogens with zero attached hydrogens (tertiary/aromatic N) is 2. The molecule has 2 aromatic heterocycles. The molecule has 4 aromatic carbocycles. The van der Waals surface area contributed by atoms with Crippen molar-refractivity contribution in [2.75, 3.05) is 5.32 Å². The number of anilines is 1. The maximum atomic E-state index is 16.0. The Morgan fingerprint density at radius 1 is 0.818 bits per heavy atom. The first-order chi connectivity index (χ1) is 21.3. The van der Waals surface area contributed by atoms with Gasteiger partial charge in [-0.2, -0.15) is 5.10 Å². The van der Waals surface area contributed by atoms with Gasteiger partial charge in [-0.05, 0) is 67.1 Å². The molecule has 0 aliphatic rings. The van der Waals surface area contributed by atoms with Crippen LogP contribution in [0.5, 0.6) is 0 Å². The molecule has 0 saturated heterocycles. The predicted molar refractivity (Wildman–Crippen MR) is 177 cm³/mol. The first-order valence-corrected chi connectivity index (χ1v) is 15.2. The van der Waals surface area contributed by atoms with Gasteiger partial charge >= 0.3 is 6.09 Å². The Bertz CT molecular complexity index is 1810. The number of carbonyl (C=O) groups excluding carboxylic acids is 1. The lowest BCUT2D eigenvalue weighted by Crippen LogP contribution is -2.38. The zero-order valence-corrected chi connectivity index (χ0v) is 25.5. The van der Waals surface area contributed by atoms with Crippen LogP contribution in [0.15, 0.2) is 121 Å². The van der Waals surface area contributed by atoms with E-state index in [0.717, 1.165) is 21.6 Å². The summed E-state index contributed by atoms with van der Waals surface area (Å²) in [6.45, 7) is 5.29. The molecule has 0 bridgehead atoms. The summed E-state index contributed by atoms with van der Waals surface area (Å²) in [5.74, 6) is -0.596. The van der Waals surface area contributed by atoms with Crippen molar-refractivity contribution in [3.05, 3.63) is 154 Å². The Labute approximate surface area is 260 Å². The van der Waals surface area contributed by atoms with E-state index in [1.807, 2.05) is 88.9 Å². The van der Waals surface area contributed by atoms with Crippen LogP contribution in [0.2, 0.25) is 0 Å². The van der Waals surface area contributed by atoms with Gasteiger partial charge in [-0.1, -0.05) is 97.1 Å². The second-order valence-electron chi connectivity index (χ2n) is 11.4. The van der Waals surface area contributed by atoms with Gasteiger partial charge in [0.15, 0.2) is 0 Å². The van der Waals surface area contributed by atoms with Crippen LogP contribution in [-0.2, 0) is 10.3 Å². The third-order valence-electron chi connectivity index (χ3n) is 7.27. The van der Waals surface area contributed by atoms with E-state index < -0.39 is 23.1 Å². The fourth-order valence-corrected chi connectivity index (χ4v) is 6.12. The first-order valence-electron chi connectivity index (χ1n) is 14.4. The lowest BCUT2D eigenvalue weighted by molar-refractivity contribution is 0.0635. The highest BCUT2D eigenvalue weighted by Crippen LogP contribution is 2.43. The van der Waals surface area contributed by atoms with Gasteiger partial charge in [0.1, 0.15) is 17.0 Å². The maximum absolute atomic E-state index is 16.0. The van der Waals surface area contributed by atoms with Crippen LogP contribution in [0.4, 0.5) is 14.9 Å². The number of thiophene rings is 1. The SMILES string of the molecule is CC(C)(C)OC(=O)Nc1cc2c(C=Cc3cccs3)nn(C(c3ccccc3)(c3ccccc3)c3ccccc3)c2cc1F. The summed E-state index contributed by atoms with van der Waals surface area (Å²) in [5, 5.41) is 10.5. The van der Waals surface area contributed by atoms with E-state index in [2.05, 4.69) is 41.7 Å². The molecule has 0 fully saturated rings. The van der Waals surface area contributed by atoms with E-state index in [4.69, 9.17) is 9.84 Å². The summed E-state index contributed by atoms with van der Waals surface area (Å²) >= 11 is 1.61. The zero-order chi connectivity index (χ0) is 30.7. The maximum Gasteiger partial charge on any atom is 0.412 e. The molecular formula is C37H32FN3O2S. The molecule has 0 aliphatic heterocycles. The summed E-state index contributed by atoms with van der Waals surface area (Å²) in [6.07, 6.45) is 3.20. The van der Waals surface area contributed by atoms with E-state index >= 15 is 4.39 Å². The van der Waals surface area contributed by atoms with E-state index in [9.17, 15) is 4.79 Å². The highest BCUT2D eigenvalue weighted by atomic mass is 32.1. The van der Waals surface area contributed by atoms with Crippen LogP contribution in [0.1, 0.15) is 48.0 Å². The van der Waals surface area contributed by atoms with Crippen molar-refractivity contribution in [2.24, 2.45) is 0 Å². The summed E-state index contributed by atoms with van der Waals surface area (Å²) < 4.78 is 23.3. The number of nitrogens with one attached hydrogen (secondary N) is 1. The highest BCUT2D eigenvalue weighted by molar-refractivity contribution is 7.10. The van der Waals surface area contributed by atoms with Crippen molar-refractivity contribution in [1.82, 2.24) is 9.78 Å². The molecule has 0 saturated carbocycles. The largest absolute Gasteiger partial charge is 0.444 e. The van der Waals surface area contributed by atoms with Crippen LogP contribution < -0.4 is 5.32 Å². The van der Waals surface area contributed by atoms with Crippen molar-refractivity contribution >= 4 is 46.2 Å². The summed E-state index contributed by atoms with van der Waals surface area (Å²) in [7, 11) is 0. The van der Waals surface area contributed by atoms with Crippen molar-refractivity contribution in [3.8, 4) is 0 Å². The molecule has 0 spiro atoms. The topological polar surface area (TPSA) is 56.1 Å². The van der Waals surface area contributed by atoms with Gasteiger partial charge in [0.25, 0.3) is 0 Å². The van der Waals surface area contributed by atoms with Crippen LogP contribution >= 0.6 is 11.3 Å². The fourth-order valence-electron chi connectivity index (χ4n) is 5.50. The molecule has 0 aliphatic carbocycles. The highest BCUT2D eigenvalue weighted by Gasteiger charge is 2.41. The molecule has 220 valence electrons. The molecule has 2 heterocycles. The number of aromatic nitrogens is 2. The van der Waals surface area contributed by atoms with Gasteiger partial charge in [-0.3, -0.25) is 5.32 Å². The Kier molecular flexibility index (Phi) is 7.89. The number of amides is 1. The van der Waals surface area contributed by atoms with Crippen molar-refractivity contribution < 1.29 is 13.9 Å². The minimum Gasteiger partial charge on any atom is -0.444 e. The van der Waals surface area contributed by atoms with Crippen LogP contribution in [0, 0.1) is 5.82 Å². The number of carbonyl (C=O) groups is 1. The lowest BCUT2D eigenvalue weighted by atomic mass is 9.77. The summed E-state index contributed by atoms with van der Waals surface area (Å²) in [5.41, 5.74) is 2.43. The molecule has 6 rings (SSSR count). The monoisotopic (exact) mass is 601 g/mol. The fraction of sp³-hybridized carbons (Fsp3) is 0.135. The molecule has 7 heteroatoms. The van der Waals surface area contributed by atoms with Gasteiger partial charge in [-0.25, -0.2) is 13.9 Å².